The molecular weight excluding hydrogens is 326 g/mol. The molecule has 5 heteroatoms. The van der Waals surface area contributed by atoms with Crippen LogP contribution in [0.15, 0.2) is 30.3 Å². The van der Waals surface area contributed by atoms with Gasteiger partial charge in [-0.25, -0.2) is 8.42 Å². The van der Waals surface area contributed by atoms with Gasteiger partial charge in [-0.3, -0.25) is 4.90 Å². The molecule has 0 atom stereocenters. The van der Waals surface area contributed by atoms with E-state index < -0.39 is 9.84 Å². The third-order valence-electron chi connectivity index (χ3n) is 2.88. The molecule has 3 nitrogen and oxygen atoms in total. The van der Waals surface area contributed by atoms with Crippen molar-refractivity contribution >= 4 is 25.8 Å². The molecule has 108 valence electrons. The Morgan fingerprint density at radius 2 is 1.79 bits per heavy atom. The highest BCUT2D eigenvalue weighted by Gasteiger charge is 2.13. The van der Waals surface area contributed by atoms with Crippen LogP contribution < -0.4 is 0 Å². The highest BCUT2D eigenvalue weighted by atomic mass is 79.9. The van der Waals surface area contributed by atoms with Crippen molar-refractivity contribution in [1.29, 1.82) is 0 Å². The molecular formula is C14H22BrNO2S. The van der Waals surface area contributed by atoms with Crippen molar-refractivity contribution in [2.75, 3.05) is 29.9 Å². The maximum Gasteiger partial charge on any atom is 0.151 e. The molecule has 0 aliphatic carbocycles. The van der Waals surface area contributed by atoms with Crippen LogP contribution >= 0.6 is 15.9 Å². The average molecular weight is 348 g/mol. The molecule has 0 saturated heterocycles. The summed E-state index contributed by atoms with van der Waals surface area (Å²) >= 11 is 3.42. The second-order valence-corrected chi connectivity index (χ2v) is 7.70. The molecule has 0 spiro atoms. The van der Waals surface area contributed by atoms with Crippen LogP contribution in [0.1, 0.15) is 18.9 Å². The van der Waals surface area contributed by atoms with Crippen molar-refractivity contribution in [2.24, 2.45) is 0 Å². The summed E-state index contributed by atoms with van der Waals surface area (Å²) in [5.41, 5.74) is 1.22. The van der Waals surface area contributed by atoms with Gasteiger partial charge in [-0.05, 0) is 12.0 Å². The normalized spacial score (nSPS) is 11.9. The Balaban J connectivity index is 2.54. The number of nitrogens with zero attached hydrogens (tertiary/aromatic N) is 1. The lowest BCUT2D eigenvalue weighted by Crippen LogP contribution is -2.31. The largest absolute Gasteiger partial charge is 0.297 e. The molecule has 1 aromatic rings. The van der Waals surface area contributed by atoms with E-state index in [1.165, 1.54) is 5.56 Å². The van der Waals surface area contributed by atoms with Gasteiger partial charge >= 0.3 is 0 Å². The first-order valence-corrected chi connectivity index (χ1v) is 9.54. The van der Waals surface area contributed by atoms with Gasteiger partial charge in [0, 0.05) is 30.7 Å². The molecule has 0 aromatic heterocycles. The summed E-state index contributed by atoms with van der Waals surface area (Å²) in [6, 6.07) is 10.2. The zero-order valence-electron chi connectivity index (χ0n) is 11.4. The van der Waals surface area contributed by atoms with E-state index >= 15 is 0 Å². The number of halogens is 1. The predicted molar refractivity (Wildman–Crippen MR) is 84.5 cm³/mol. The minimum Gasteiger partial charge on any atom is -0.297 e. The van der Waals surface area contributed by atoms with Gasteiger partial charge in [0.05, 0.1) is 5.75 Å². The predicted octanol–water partition coefficient (Wildman–Crippen LogP) is 2.71. The lowest BCUT2D eigenvalue weighted by Gasteiger charge is -2.21. The third-order valence-corrected chi connectivity index (χ3v) is 5.07. The number of sulfone groups is 1. The first-order valence-electron chi connectivity index (χ1n) is 6.60. The average Bonchev–Trinajstić information content (AvgIpc) is 2.37. The van der Waals surface area contributed by atoms with Gasteiger partial charge < -0.3 is 0 Å². The van der Waals surface area contributed by atoms with Crippen LogP contribution in [0, 0.1) is 0 Å². The third kappa shape index (κ3) is 7.09. The van der Waals surface area contributed by atoms with Crippen LogP contribution in [0.3, 0.4) is 0 Å². The highest BCUT2D eigenvalue weighted by Crippen LogP contribution is 2.06. The van der Waals surface area contributed by atoms with Crippen LogP contribution in [-0.4, -0.2) is 43.2 Å². The van der Waals surface area contributed by atoms with Gasteiger partial charge in [-0.2, -0.15) is 0 Å². The minimum atomic E-state index is -2.89. The summed E-state index contributed by atoms with van der Waals surface area (Å²) in [6.07, 6.45) is 0.694. The monoisotopic (exact) mass is 347 g/mol. The van der Waals surface area contributed by atoms with Crippen molar-refractivity contribution in [3.8, 4) is 0 Å². The second kappa shape index (κ2) is 8.72. The summed E-state index contributed by atoms with van der Waals surface area (Å²) < 4.78 is 23.5. The van der Waals surface area contributed by atoms with Gasteiger partial charge in [0.15, 0.2) is 9.84 Å². The zero-order chi connectivity index (χ0) is 14.1. The van der Waals surface area contributed by atoms with E-state index in [0.29, 0.717) is 18.7 Å². The van der Waals surface area contributed by atoms with Gasteiger partial charge in [0.25, 0.3) is 0 Å². The van der Waals surface area contributed by atoms with E-state index in [9.17, 15) is 8.42 Å². The molecule has 0 radical (unpaired) electrons. The lowest BCUT2D eigenvalue weighted by atomic mass is 10.2. The molecule has 19 heavy (non-hydrogen) atoms. The summed E-state index contributed by atoms with van der Waals surface area (Å²) in [6.45, 7) is 4.16. The standard InChI is InChI=1S/C14H22BrNO2S/c1-2-11-19(17,18)12-10-16(9-8-15)13-14-6-4-3-5-7-14/h3-7H,2,8-13H2,1H3. The van der Waals surface area contributed by atoms with Crippen molar-refractivity contribution < 1.29 is 8.42 Å². The number of hydrogen-bond donors (Lipinski definition) is 0. The Morgan fingerprint density at radius 3 is 2.37 bits per heavy atom. The molecule has 0 heterocycles. The van der Waals surface area contributed by atoms with Crippen LogP contribution in [0.4, 0.5) is 0 Å². The van der Waals surface area contributed by atoms with Gasteiger partial charge in [-0.1, -0.05) is 53.2 Å². The van der Waals surface area contributed by atoms with Crippen molar-refractivity contribution in [3.05, 3.63) is 35.9 Å². The molecule has 1 rings (SSSR count). The fourth-order valence-corrected chi connectivity index (χ4v) is 3.78. The van der Waals surface area contributed by atoms with E-state index in [1.807, 2.05) is 25.1 Å². The van der Waals surface area contributed by atoms with E-state index in [2.05, 4.69) is 33.0 Å². The van der Waals surface area contributed by atoms with Gasteiger partial charge in [0.1, 0.15) is 0 Å². The summed E-state index contributed by atoms with van der Waals surface area (Å²) in [7, 11) is -2.89. The SMILES string of the molecule is CCCS(=O)(=O)CCN(CCBr)Cc1ccccc1. The molecule has 0 saturated carbocycles. The number of benzene rings is 1. The van der Waals surface area contributed by atoms with Crippen LogP contribution in [0.25, 0.3) is 0 Å². The Labute approximate surface area is 125 Å². The van der Waals surface area contributed by atoms with E-state index in [0.717, 1.165) is 18.4 Å². The molecule has 0 aliphatic rings. The molecule has 0 amide bonds. The van der Waals surface area contributed by atoms with E-state index in [1.54, 1.807) is 0 Å². The molecule has 0 N–H and O–H groups in total. The molecule has 0 fully saturated rings. The first-order chi connectivity index (χ1) is 9.07. The highest BCUT2D eigenvalue weighted by molar-refractivity contribution is 9.09. The topological polar surface area (TPSA) is 37.4 Å². The van der Waals surface area contributed by atoms with Crippen LogP contribution in [-0.2, 0) is 16.4 Å². The molecule has 0 bridgehead atoms. The molecule has 0 aliphatic heterocycles. The number of alkyl halides is 1. The zero-order valence-corrected chi connectivity index (χ0v) is 13.8. The number of rotatable bonds is 9. The van der Waals surface area contributed by atoms with Crippen molar-refractivity contribution in [1.82, 2.24) is 4.90 Å². The van der Waals surface area contributed by atoms with Crippen molar-refractivity contribution in [3.63, 3.8) is 0 Å². The smallest absolute Gasteiger partial charge is 0.151 e. The summed E-state index contributed by atoms with van der Waals surface area (Å²) in [5, 5.41) is 0.855. The van der Waals surface area contributed by atoms with Gasteiger partial charge in [-0.15, -0.1) is 0 Å². The Bertz CT molecular complexity index is 448. The Morgan fingerprint density at radius 1 is 1.11 bits per heavy atom. The summed E-state index contributed by atoms with van der Waals surface area (Å²) in [5.74, 6) is 0.543. The maximum atomic E-state index is 11.8. The lowest BCUT2D eigenvalue weighted by molar-refractivity contribution is 0.300. The fraction of sp³-hybridized carbons (Fsp3) is 0.571. The van der Waals surface area contributed by atoms with Crippen LogP contribution in [0.5, 0.6) is 0 Å². The Kier molecular flexibility index (Phi) is 7.64. The Hall–Kier alpha value is -0.390. The van der Waals surface area contributed by atoms with E-state index in [-0.39, 0.29) is 5.75 Å². The molecule has 0 unspecified atom stereocenters. The summed E-state index contributed by atoms with van der Waals surface area (Å²) in [4.78, 5) is 2.18. The molecule has 1 aromatic carbocycles. The van der Waals surface area contributed by atoms with Crippen molar-refractivity contribution in [2.45, 2.75) is 19.9 Å². The second-order valence-electron chi connectivity index (χ2n) is 4.60. The number of hydrogen-bond acceptors (Lipinski definition) is 3. The fourth-order valence-electron chi connectivity index (χ4n) is 1.91. The quantitative estimate of drug-likeness (QED) is 0.644. The van der Waals surface area contributed by atoms with E-state index in [4.69, 9.17) is 0 Å². The minimum absolute atomic E-state index is 0.251. The maximum absolute atomic E-state index is 11.8. The van der Waals surface area contributed by atoms with Crippen LogP contribution in [0.2, 0.25) is 0 Å². The van der Waals surface area contributed by atoms with Gasteiger partial charge in [0.2, 0.25) is 0 Å². The first kappa shape index (κ1) is 16.7.